The molecule has 0 aliphatic heterocycles. The smallest absolute Gasteiger partial charge is 0.130 e. The molecule has 0 saturated heterocycles. The van der Waals surface area contributed by atoms with Gasteiger partial charge in [-0.1, -0.05) is 0 Å². The number of nitrogens with two attached hydrogens (primary N) is 1. The van der Waals surface area contributed by atoms with E-state index in [0.717, 1.165) is 12.2 Å². The molecule has 3 nitrogen and oxygen atoms in total. The monoisotopic (exact) mass is 161 g/mol. The highest BCUT2D eigenvalue weighted by Gasteiger charge is 2.50. The zero-order valence-electron chi connectivity index (χ0n) is 6.88. The van der Waals surface area contributed by atoms with E-state index in [4.69, 9.17) is 5.73 Å². The Balaban J connectivity index is 2.26. The first-order chi connectivity index (χ1) is 5.82. The lowest BCUT2D eigenvalue weighted by Crippen LogP contribution is -2.06. The van der Waals surface area contributed by atoms with Gasteiger partial charge in [0, 0.05) is 16.7 Å². The van der Waals surface area contributed by atoms with Crippen LogP contribution in [0.25, 0.3) is 0 Å². The molecule has 0 atom stereocenters. The molecule has 3 heteroatoms. The Morgan fingerprint density at radius 1 is 1.25 bits per heavy atom. The van der Waals surface area contributed by atoms with Gasteiger partial charge in [0.15, 0.2) is 0 Å². The Hall–Kier alpha value is -1.12. The summed E-state index contributed by atoms with van der Waals surface area (Å²) in [5, 5.41) is 0. The van der Waals surface area contributed by atoms with Crippen molar-refractivity contribution in [2.45, 2.75) is 31.1 Å². The summed E-state index contributed by atoms with van der Waals surface area (Å²) < 4.78 is 0. The fourth-order valence-electron chi connectivity index (χ4n) is 2.34. The third kappa shape index (κ3) is 0.618. The third-order valence-electron chi connectivity index (χ3n) is 3.18. The molecular weight excluding hydrogens is 150 g/mol. The van der Waals surface area contributed by atoms with Crippen LogP contribution < -0.4 is 5.73 Å². The van der Waals surface area contributed by atoms with Crippen LogP contribution in [0.4, 0.5) is 5.82 Å². The molecule has 0 bridgehead atoms. The van der Waals surface area contributed by atoms with Crippen molar-refractivity contribution in [1.29, 1.82) is 0 Å². The average molecular weight is 161 g/mol. The first-order valence-electron chi connectivity index (χ1n) is 4.42. The average Bonchev–Trinajstić information content (AvgIpc) is 2.71. The molecule has 1 fully saturated rings. The van der Waals surface area contributed by atoms with Crippen molar-refractivity contribution in [2.75, 3.05) is 5.73 Å². The standard InChI is InChI=1S/C9H11N3/c10-8-7-6(11-5-12-8)1-2-9(7)3-4-9/h5H,1-4H2,(H2,10,11,12). The summed E-state index contributed by atoms with van der Waals surface area (Å²) in [7, 11) is 0. The Morgan fingerprint density at radius 2 is 2.08 bits per heavy atom. The number of fused-ring (bicyclic) bond motifs is 2. The fourth-order valence-corrected chi connectivity index (χ4v) is 2.34. The molecule has 1 aromatic rings. The minimum Gasteiger partial charge on any atom is -0.383 e. The second-order valence-electron chi connectivity index (χ2n) is 3.86. The highest BCUT2D eigenvalue weighted by Crippen LogP contribution is 2.57. The molecule has 0 amide bonds. The van der Waals surface area contributed by atoms with Gasteiger partial charge in [0.25, 0.3) is 0 Å². The van der Waals surface area contributed by atoms with E-state index < -0.39 is 0 Å². The predicted molar refractivity (Wildman–Crippen MR) is 45.7 cm³/mol. The van der Waals surface area contributed by atoms with Crippen LogP contribution in [0.2, 0.25) is 0 Å². The molecule has 1 saturated carbocycles. The van der Waals surface area contributed by atoms with Crippen molar-refractivity contribution < 1.29 is 0 Å². The van der Waals surface area contributed by atoms with Crippen molar-refractivity contribution in [3.05, 3.63) is 17.6 Å². The maximum atomic E-state index is 5.84. The van der Waals surface area contributed by atoms with Gasteiger partial charge in [0.2, 0.25) is 0 Å². The molecular formula is C9H11N3. The summed E-state index contributed by atoms with van der Waals surface area (Å²) in [4.78, 5) is 8.32. The summed E-state index contributed by atoms with van der Waals surface area (Å²) in [6, 6.07) is 0. The lowest BCUT2D eigenvalue weighted by Gasteiger charge is -2.08. The largest absolute Gasteiger partial charge is 0.383 e. The molecule has 1 aromatic heterocycles. The van der Waals surface area contributed by atoms with Crippen molar-refractivity contribution >= 4 is 5.82 Å². The normalized spacial score (nSPS) is 22.7. The maximum absolute atomic E-state index is 5.84. The SMILES string of the molecule is Nc1ncnc2c1C1(CC2)CC1. The highest BCUT2D eigenvalue weighted by atomic mass is 14.9. The molecule has 2 N–H and O–H groups in total. The number of rotatable bonds is 0. The van der Waals surface area contributed by atoms with E-state index in [0.29, 0.717) is 5.41 Å². The Morgan fingerprint density at radius 3 is 2.83 bits per heavy atom. The minimum absolute atomic E-state index is 0.417. The van der Waals surface area contributed by atoms with Gasteiger partial charge in [0.1, 0.15) is 12.1 Å². The number of anilines is 1. The van der Waals surface area contributed by atoms with Crippen molar-refractivity contribution in [2.24, 2.45) is 0 Å². The summed E-state index contributed by atoms with van der Waals surface area (Å²) in [5.74, 6) is 0.718. The van der Waals surface area contributed by atoms with Gasteiger partial charge >= 0.3 is 0 Å². The number of hydrogen-bond donors (Lipinski definition) is 1. The Labute approximate surface area is 71.0 Å². The van der Waals surface area contributed by atoms with E-state index in [1.165, 1.54) is 30.5 Å². The minimum atomic E-state index is 0.417. The zero-order valence-corrected chi connectivity index (χ0v) is 6.88. The quantitative estimate of drug-likeness (QED) is 0.618. The second kappa shape index (κ2) is 1.79. The molecule has 12 heavy (non-hydrogen) atoms. The van der Waals surface area contributed by atoms with Crippen LogP contribution in [0.15, 0.2) is 6.33 Å². The number of aryl methyl sites for hydroxylation is 1. The molecule has 2 aliphatic carbocycles. The lowest BCUT2D eigenvalue weighted by molar-refractivity contribution is 0.681. The Bertz CT molecular complexity index is 342. The van der Waals surface area contributed by atoms with Crippen molar-refractivity contribution in [3.8, 4) is 0 Å². The molecule has 0 aromatic carbocycles. The van der Waals surface area contributed by atoms with Crippen LogP contribution in [0.5, 0.6) is 0 Å². The number of nitrogens with zero attached hydrogens (tertiary/aromatic N) is 2. The predicted octanol–water partition coefficient (Wildman–Crippen LogP) is 1.04. The van der Waals surface area contributed by atoms with Gasteiger partial charge in [-0.2, -0.15) is 0 Å². The molecule has 0 radical (unpaired) electrons. The van der Waals surface area contributed by atoms with Gasteiger partial charge < -0.3 is 5.73 Å². The highest BCUT2D eigenvalue weighted by molar-refractivity contribution is 5.52. The van der Waals surface area contributed by atoms with Gasteiger partial charge in [-0.15, -0.1) is 0 Å². The number of hydrogen-bond acceptors (Lipinski definition) is 3. The fraction of sp³-hybridized carbons (Fsp3) is 0.556. The molecule has 0 unspecified atom stereocenters. The van der Waals surface area contributed by atoms with E-state index >= 15 is 0 Å². The van der Waals surface area contributed by atoms with Crippen molar-refractivity contribution in [3.63, 3.8) is 0 Å². The van der Waals surface area contributed by atoms with Crippen LogP contribution in [0.1, 0.15) is 30.5 Å². The zero-order chi connectivity index (χ0) is 8.18. The number of aromatic nitrogens is 2. The van der Waals surface area contributed by atoms with E-state index in [2.05, 4.69) is 9.97 Å². The van der Waals surface area contributed by atoms with Crippen LogP contribution in [0, 0.1) is 0 Å². The molecule has 62 valence electrons. The van der Waals surface area contributed by atoms with Gasteiger partial charge in [-0.25, -0.2) is 9.97 Å². The second-order valence-corrected chi connectivity index (χ2v) is 3.86. The lowest BCUT2D eigenvalue weighted by atomic mass is 10.0. The first-order valence-corrected chi connectivity index (χ1v) is 4.42. The molecule has 2 aliphatic rings. The topological polar surface area (TPSA) is 51.8 Å². The van der Waals surface area contributed by atoms with E-state index in [1.807, 2.05) is 0 Å². The van der Waals surface area contributed by atoms with E-state index in [9.17, 15) is 0 Å². The summed E-state index contributed by atoms with van der Waals surface area (Å²) in [6.45, 7) is 0. The van der Waals surface area contributed by atoms with Crippen LogP contribution in [-0.4, -0.2) is 9.97 Å². The van der Waals surface area contributed by atoms with E-state index in [-0.39, 0.29) is 0 Å². The van der Waals surface area contributed by atoms with E-state index in [1.54, 1.807) is 6.33 Å². The Kier molecular flexibility index (Phi) is 0.953. The van der Waals surface area contributed by atoms with Gasteiger partial charge in [-0.3, -0.25) is 0 Å². The van der Waals surface area contributed by atoms with Crippen LogP contribution in [-0.2, 0) is 11.8 Å². The first kappa shape index (κ1) is 6.40. The molecule has 1 spiro atoms. The maximum Gasteiger partial charge on any atom is 0.130 e. The third-order valence-corrected chi connectivity index (χ3v) is 3.18. The summed E-state index contributed by atoms with van der Waals surface area (Å²) in [6.07, 6.45) is 6.50. The number of nitrogen functional groups attached to an aromatic ring is 1. The molecule has 1 heterocycles. The van der Waals surface area contributed by atoms with Crippen LogP contribution >= 0.6 is 0 Å². The van der Waals surface area contributed by atoms with Gasteiger partial charge in [0.05, 0.1) is 0 Å². The van der Waals surface area contributed by atoms with Crippen molar-refractivity contribution in [1.82, 2.24) is 9.97 Å². The molecule has 3 rings (SSSR count). The van der Waals surface area contributed by atoms with Crippen LogP contribution in [0.3, 0.4) is 0 Å². The summed E-state index contributed by atoms with van der Waals surface area (Å²) in [5.41, 5.74) is 8.72. The summed E-state index contributed by atoms with van der Waals surface area (Å²) >= 11 is 0. The van der Waals surface area contributed by atoms with Gasteiger partial charge in [-0.05, 0) is 25.7 Å².